The summed E-state index contributed by atoms with van der Waals surface area (Å²) < 4.78 is 4.66. The second kappa shape index (κ2) is 8.31. The van der Waals surface area contributed by atoms with Gasteiger partial charge in [-0.15, -0.1) is 0 Å². The molecule has 0 saturated carbocycles. The maximum atomic E-state index is 12.6. The Kier molecular flexibility index (Phi) is 5.66. The van der Waals surface area contributed by atoms with Gasteiger partial charge in [-0.1, -0.05) is 30.0 Å². The summed E-state index contributed by atoms with van der Waals surface area (Å²) in [5.41, 5.74) is 1.49. The number of esters is 1. The zero-order valence-corrected chi connectivity index (χ0v) is 14.8. The lowest BCUT2D eigenvalue weighted by atomic mass is 10.2. The zero-order valence-electron chi connectivity index (χ0n) is 14.0. The topological polar surface area (TPSA) is 68.3 Å². The maximum Gasteiger partial charge on any atom is 0.337 e. The van der Waals surface area contributed by atoms with E-state index in [0.29, 0.717) is 21.8 Å². The Morgan fingerprint density at radius 2 is 1.69 bits per heavy atom. The van der Waals surface area contributed by atoms with Crippen molar-refractivity contribution in [1.82, 2.24) is 4.98 Å². The van der Waals surface area contributed by atoms with E-state index in [1.807, 2.05) is 30.3 Å². The fraction of sp³-hybridized carbons (Fsp3) is 0.0500. The molecule has 0 radical (unpaired) electrons. The van der Waals surface area contributed by atoms with Crippen LogP contribution in [0.15, 0.2) is 82.8 Å². The molecule has 0 fully saturated rings. The number of methoxy groups -OCH3 is 1. The van der Waals surface area contributed by atoms with Crippen LogP contribution in [-0.2, 0) is 4.74 Å². The number of carbonyl (C=O) groups excluding carboxylic acids is 2. The van der Waals surface area contributed by atoms with Gasteiger partial charge in [-0.3, -0.25) is 4.79 Å². The number of carbonyl (C=O) groups is 2. The largest absolute Gasteiger partial charge is 0.465 e. The standard InChI is InChI=1S/C20H16N2O3S/c1-25-20(24)14-9-11-15(12-10-14)22-18(23)17-8-5-13-21-19(17)26-16-6-3-2-4-7-16/h2-13H,1H3,(H,22,23). The van der Waals surface area contributed by atoms with E-state index in [1.165, 1.54) is 18.9 Å². The third-order valence-corrected chi connectivity index (χ3v) is 4.56. The molecular weight excluding hydrogens is 348 g/mol. The number of hydrogen-bond acceptors (Lipinski definition) is 5. The molecule has 5 nitrogen and oxygen atoms in total. The minimum atomic E-state index is -0.420. The fourth-order valence-electron chi connectivity index (χ4n) is 2.25. The second-order valence-electron chi connectivity index (χ2n) is 5.29. The highest BCUT2D eigenvalue weighted by atomic mass is 32.2. The Hall–Kier alpha value is -3.12. The molecule has 0 atom stereocenters. The smallest absolute Gasteiger partial charge is 0.337 e. The van der Waals surface area contributed by atoms with E-state index in [-0.39, 0.29) is 5.91 Å². The molecule has 0 aliphatic carbocycles. The van der Waals surface area contributed by atoms with Gasteiger partial charge in [0.15, 0.2) is 0 Å². The van der Waals surface area contributed by atoms with Gasteiger partial charge in [-0.2, -0.15) is 0 Å². The second-order valence-corrected chi connectivity index (χ2v) is 6.36. The Bertz CT molecular complexity index is 912. The number of aromatic nitrogens is 1. The number of pyridine rings is 1. The molecule has 1 N–H and O–H groups in total. The predicted molar refractivity (Wildman–Crippen MR) is 101 cm³/mol. The van der Waals surface area contributed by atoms with Crippen molar-refractivity contribution >= 4 is 29.3 Å². The third kappa shape index (κ3) is 4.29. The van der Waals surface area contributed by atoms with Crippen molar-refractivity contribution in [3.05, 3.63) is 84.1 Å². The van der Waals surface area contributed by atoms with Crippen LogP contribution in [0.25, 0.3) is 0 Å². The number of ether oxygens (including phenoxy) is 1. The van der Waals surface area contributed by atoms with Crippen molar-refractivity contribution in [3.8, 4) is 0 Å². The predicted octanol–water partition coefficient (Wildman–Crippen LogP) is 4.27. The summed E-state index contributed by atoms with van der Waals surface area (Å²) in [6.07, 6.45) is 1.66. The van der Waals surface area contributed by atoms with Gasteiger partial charge in [-0.25, -0.2) is 9.78 Å². The Morgan fingerprint density at radius 1 is 0.962 bits per heavy atom. The summed E-state index contributed by atoms with van der Waals surface area (Å²) in [7, 11) is 1.33. The SMILES string of the molecule is COC(=O)c1ccc(NC(=O)c2cccnc2Sc2ccccc2)cc1. The van der Waals surface area contributed by atoms with E-state index in [2.05, 4.69) is 15.0 Å². The average Bonchev–Trinajstić information content (AvgIpc) is 2.69. The Labute approximate surface area is 155 Å². The molecule has 0 unspecified atom stereocenters. The monoisotopic (exact) mass is 364 g/mol. The van der Waals surface area contributed by atoms with Gasteiger partial charge >= 0.3 is 5.97 Å². The van der Waals surface area contributed by atoms with Crippen LogP contribution in [0.3, 0.4) is 0 Å². The van der Waals surface area contributed by atoms with E-state index in [0.717, 1.165) is 4.90 Å². The van der Waals surface area contributed by atoms with Crippen LogP contribution >= 0.6 is 11.8 Å². The summed E-state index contributed by atoms with van der Waals surface area (Å²) in [5.74, 6) is -0.681. The van der Waals surface area contributed by atoms with Crippen molar-refractivity contribution in [2.45, 2.75) is 9.92 Å². The molecule has 0 bridgehead atoms. The van der Waals surface area contributed by atoms with Crippen molar-refractivity contribution in [1.29, 1.82) is 0 Å². The minimum Gasteiger partial charge on any atom is -0.465 e. The van der Waals surface area contributed by atoms with E-state index in [1.54, 1.807) is 42.6 Å². The van der Waals surface area contributed by atoms with Crippen LogP contribution in [0.1, 0.15) is 20.7 Å². The van der Waals surface area contributed by atoms with Gasteiger partial charge in [-0.05, 0) is 48.5 Å². The molecule has 0 spiro atoms. The van der Waals surface area contributed by atoms with Gasteiger partial charge in [0.25, 0.3) is 5.91 Å². The first-order valence-electron chi connectivity index (χ1n) is 7.85. The first-order chi connectivity index (χ1) is 12.7. The van der Waals surface area contributed by atoms with Crippen molar-refractivity contribution in [3.63, 3.8) is 0 Å². The molecule has 26 heavy (non-hydrogen) atoms. The van der Waals surface area contributed by atoms with Crippen molar-refractivity contribution in [2.75, 3.05) is 12.4 Å². The molecule has 0 saturated heterocycles. The van der Waals surface area contributed by atoms with Crippen LogP contribution in [0.4, 0.5) is 5.69 Å². The molecule has 3 rings (SSSR count). The highest BCUT2D eigenvalue weighted by Crippen LogP contribution is 2.28. The highest BCUT2D eigenvalue weighted by molar-refractivity contribution is 7.99. The number of nitrogens with one attached hydrogen (secondary N) is 1. The van der Waals surface area contributed by atoms with Gasteiger partial charge in [0, 0.05) is 16.8 Å². The quantitative estimate of drug-likeness (QED) is 0.685. The van der Waals surface area contributed by atoms with Crippen molar-refractivity contribution in [2.24, 2.45) is 0 Å². The molecule has 0 aliphatic rings. The van der Waals surface area contributed by atoms with Crippen molar-refractivity contribution < 1.29 is 14.3 Å². The number of benzene rings is 2. The minimum absolute atomic E-state index is 0.262. The normalized spacial score (nSPS) is 10.2. The van der Waals surface area contributed by atoms with E-state index in [4.69, 9.17) is 0 Å². The molecular formula is C20H16N2O3S. The third-order valence-electron chi connectivity index (χ3n) is 3.54. The summed E-state index contributed by atoms with van der Waals surface area (Å²) in [6, 6.07) is 19.7. The summed E-state index contributed by atoms with van der Waals surface area (Å²) >= 11 is 1.43. The summed E-state index contributed by atoms with van der Waals surface area (Å²) in [5, 5.41) is 3.45. The van der Waals surface area contributed by atoms with E-state index in [9.17, 15) is 9.59 Å². The molecule has 0 aliphatic heterocycles. The summed E-state index contributed by atoms with van der Waals surface area (Å²) in [6.45, 7) is 0. The lowest BCUT2D eigenvalue weighted by molar-refractivity contribution is 0.0600. The van der Waals surface area contributed by atoms with Gasteiger partial charge in [0.2, 0.25) is 0 Å². The first-order valence-corrected chi connectivity index (χ1v) is 8.66. The lowest BCUT2D eigenvalue weighted by Crippen LogP contribution is -2.13. The van der Waals surface area contributed by atoms with E-state index >= 15 is 0 Å². The first kappa shape index (κ1) is 17.7. The van der Waals surface area contributed by atoms with Crippen LogP contribution in [0.2, 0.25) is 0 Å². The average molecular weight is 364 g/mol. The number of anilines is 1. The van der Waals surface area contributed by atoms with E-state index < -0.39 is 5.97 Å². The molecule has 1 heterocycles. The fourth-order valence-corrected chi connectivity index (χ4v) is 3.15. The molecule has 3 aromatic rings. The van der Waals surface area contributed by atoms with Gasteiger partial charge in [0.1, 0.15) is 5.03 Å². The van der Waals surface area contributed by atoms with Crippen LogP contribution in [-0.4, -0.2) is 24.0 Å². The van der Waals surface area contributed by atoms with Gasteiger partial charge in [0.05, 0.1) is 18.2 Å². The summed E-state index contributed by atoms with van der Waals surface area (Å²) in [4.78, 5) is 29.4. The highest BCUT2D eigenvalue weighted by Gasteiger charge is 2.14. The Balaban J connectivity index is 1.77. The molecule has 1 amide bonds. The molecule has 2 aromatic carbocycles. The zero-order chi connectivity index (χ0) is 18.4. The maximum absolute atomic E-state index is 12.6. The number of amides is 1. The molecule has 130 valence electrons. The number of hydrogen-bond donors (Lipinski definition) is 1. The van der Waals surface area contributed by atoms with Crippen LogP contribution in [0.5, 0.6) is 0 Å². The number of nitrogens with zero attached hydrogens (tertiary/aromatic N) is 1. The van der Waals surface area contributed by atoms with Gasteiger partial charge < -0.3 is 10.1 Å². The lowest BCUT2D eigenvalue weighted by Gasteiger charge is -2.09. The van der Waals surface area contributed by atoms with Crippen LogP contribution < -0.4 is 5.32 Å². The Morgan fingerprint density at radius 3 is 2.38 bits per heavy atom. The molecule has 6 heteroatoms. The number of rotatable bonds is 5. The molecule has 1 aromatic heterocycles. The van der Waals surface area contributed by atoms with Crippen LogP contribution in [0, 0.1) is 0 Å².